The largest absolute Gasteiger partial charge is 0.350 e. The minimum atomic E-state index is 0.534. The molecular weight excluding hydrogens is 310 g/mol. The first-order valence-electron chi connectivity index (χ1n) is 9.36. The van der Waals surface area contributed by atoms with Gasteiger partial charge in [-0.1, -0.05) is 43.2 Å². The number of rotatable bonds is 2. The fraction of sp³-hybridized carbons (Fsp3) is 0.450. The highest BCUT2D eigenvalue weighted by atomic mass is 15.4. The van der Waals surface area contributed by atoms with Gasteiger partial charge in [-0.3, -0.25) is 0 Å². The van der Waals surface area contributed by atoms with Crippen LogP contribution in [0.1, 0.15) is 39.0 Å². The third kappa shape index (κ3) is 2.41. The van der Waals surface area contributed by atoms with E-state index < -0.39 is 0 Å². The summed E-state index contributed by atoms with van der Waals surface area (Å²) in [6.45, 7) is 2.35. The Bertz CT molecular complexity index is 887. The number of anilines is 1. The molecule has 2 aliphatic rings. The Morgan fingerprint density at radius 3 is 2.80 bits per heavy atom. The third-order valence-corrected chi connectivity index (χ3v) is 5.91. The molecular formula is C20H23N5. The molecule has 3 atom stereocenters. The van der Waals surface area contributed by atoms with Gasteiger partial charge in [-0.25, -0.2) is 4.98 Å². The summed E-state index contributed by atoms with van der Waals surface area (Å²) in [6, 6.07) is 13.7. The summed E-state index contributed by atoms with van der Waals surface area (Å²) >= 11 is 0. The van der Waals surface area contributed by atoms with E-state index in [1.165, 1.54) is 32.1 Å². The number of hydrogen-bond acceptors (Lipinski definition) is 4. The van der Waals surface area contributed by atoms with Crippen molar-refractivity contribution in [3.05, 3.63) is 42.7 Å². The van der Waals surface area contributed by atoms with Crippen LogP contribution >= 0.6 is 0 Å². The quantitative estimate of drug-likeness (QED) is 0.712. The van der Waals surface area contributed by atoms with Crippen molar-refractivity contribution >= 4 is 11.6 Å². The highest BCUT2D eigenvalue weighted by Gasteiger charge is 2.41. The SMILES string of the molecule is CC1CC2CCCCC2N1c1cc(-c2ccccc2)nc2ncnn12. The van der Waals surface area contributed by atoms with Crippen LogP contribution in [0.5, 0.6) is 0 Å². The smallest absolute Gasteiger partial charge is 0.254 e. The van der Waals surface area contributed by atoms with Crippen LogP contribution in [0.3, 0.4) is 0 Å². The molecule has 5 rings (SSSR count). The monoisotopic (exact) mass is 333 g/mol. The molecule has 2 aromatic heterocycles. The van der Waals surface area contributed by atoms with Gasteiger partial charge >= 0.3 is 0 Å². The lowest BCUT2D eigenvalue weighted by Crippen LogP contribution is -2.39. The van der Waals surface area contributed by atoms with Gasteiger partial charge in [-0.15, -0.1) is 0 Å². The molecule has 5 heteroatoms. The van der Waals surface area contributed by atoms with E-state index >= 15 is 0 Å². The van der Waals surface area contributed by atoms with Crippen LogP contribution in [0.2, 0.25) is 0 Å². The number of benzene rings is 1. The van der Waals surface area contributed by atoms with Gasteiger partial charge in [0, 0.05) is 23.7 Å². The maximum Gasteiger partial charge on any atom is 0.254 e. The molecule has 1 aliphatic carbocycles. The van der Waals surface area contributed by atoms with Crippen LogP contribution in [0.15, 0.2) is 42.7 Å². The van der Waals surface area contributed by atoms with Crippen LogP contribution in [-0.4, -0.2) is 31.7 Å². The molecule has 0 amide bonds. The second-order valence-corrected chi connectivity index (χ2v) is 7.44. The molecule has 3 aromatic rings. The van der Waals surface area contributed by atoms with Crippen molar-refractivity contribution in [2.75, 3.05) is 4.90 Å². The fourth-order valence-electron chi connectivity index (χ4n) is 4.84. The Kier molecular flexibility index (Phi) is 3.47. The molecule has 3 heterocycles. The number of fused-ring (bicyclic) bond motifs is 2. The summed E-state index contributed by atoms with van der Waals surface area (Å²) in [6.07, 6.45) is 8.26. The molecule has 25 heavy (non-hydrogen) atoms. The molecule has 3 unspecified atom stereocenters. The van der Waals surface area contributed by atoms with Crippen LogP contribution in [0.25, 0.3) is 17.0 Å². The summed E-state index contributed by atoms with van der Waals surface area (Å²) in [7, 11) is 0. The molecule has 1 aliphatic heterocycles. The lowest BCUT2D eigenvalue weighted by molar-refractivity contribution is 0.340. The average molecular weight is 333 g/mol. The first-order chi connectivity index (χ1) is 12.3. The highest BCUT2D eigenvalue weighted by Crippen LogP contribution is 2.42. The maximum absolute atomic E-state index is 4.73. The summed E-state index contributed by atoms with van der Waals surface area (Å²) in [5.41, 5.74) is 2.10. The Balaban J connectivity index is 1.66. The van der Waals surface area contributed by atoms with E-state index in [1.54, 1.807) is 6.33 Å². The van der Waals surface area contributed by atoms with E-state index in [4.69, 9.17) is 4.98 Å². The highest BCUT2D eigenvalue weighted by molar-refractivity contribution is 5.66. The standard InChI is InChI=1S/C20H23N5/c1-14-11-16-9-5-6-10-18(16)24(14)19-12-17(15-7-3-2-4-8-15)23-20-21-13-22-25(19)20/h2-4,7-8,12-14,16,18H,5-6,9-11H2,1H3. The predicted octanol–water partition coefficient (Wildman–Crippen LogP) is 3.95. The minimum absolute atomic E-state index is 0.534. The Morgan fingerprint density at radius 2 is 1.92 bits per heavy atom. The van der Waals surface area contributed by atoms with Crippen molar-refractivity contribution in [2.24, 2.45) is 5.92 Å². The molecule has 1 saturated heterocycles. The van der Waals surface area contributed by atoms with Crippen molar-refractivity contribution in [1.82, 2.24) is 19.6 Å². The molecule has 0 bridgehead atoms. The van der Waals surface area contributed by atoms with Crippen LogP contribution in [0, 0.1) is 5.92 Å². The van der Waals surface area contributed by atoms with Crippen LogP contribution in [0.4, 0.5) is 5.82 Å². The molecule has 5 nitrogen and oxygen atoms in total. The van der Waals surface area contributed by atoms with Crippen LogP contribution < -0.4 is 4.90 Å². The van der Waals surface area contributed by atoms with Gasteiger partial charge in [0.1, 0.15) is 12.1 Å². The molecule has 0 spiro atoms. The van der Waals surface area contributed by atoms with Gasteiger partial charge in [0.05, 0.1) is 5.69 Å². The lowest BCUT2D eigenvalue weighted by Gasteiger charge is -2.34. The Labute approximate surface area is 147 Å². The van der Waals surface area contributed by atoms with Crippen molar-refractivity contribution < 1.29 is 0 Å². The normalized spacial score (nSPS) is 26.1. The van der Waals surface area contributed by atoms with Gasteiger partial charge in [-0.05, 0) is 32.1 Å². The molecule has 1 aromatic carbocycles. The zero-order valence-corrected chi connectivity index (χ0v) is 14.5. The van der Waals surface area contributed by atoms with Gasteiger partial charge in [0.2, 0.25) is 0 Å². The van der Waals surface area contributed by atoms with Crippen molar-refractivity contribution in [3.63, 3.8) is 0 Å². The first kappa shape index (κ1) is 14.9. The summed E-state index contributed by atoms with van der Waals surface area (Å²) in [4.78, 5) is 11.7. The van der Waals surface area contributed by atoms with E-state index in [-0.39, 0.29) is 0 Å². The predicted molar refractivity (Wildman–Crippen MR) is 98.5 cm³/mol. The number of aromatic nitrogens is 4. The van der Waals surface area contributed by atoms with Crippen molar-refractivity contribution in [1.29, 1.82) is 0 Å². The van der Waals surface area contributed by atoms with E-state index in [1.807, 2.05) is 10.6 Å². The minimum Gasteiger partial charge on any atom is -0.350 e. The second kappa shape index (κ2) is 5.83. The molecule has 0 radical (unpaired) electrons. The molecule has 1 saturated carbocycles. The maximum atomic E-state index is 4.73. The molecule has 128 valence electrons. The summed E-state index contributed by atoms with van der Waals surface area (Å²) in [5, 5.41) is 4.47. The Hall–Kier alpha value is -2.43. The number of nitrogens with zero attached hydrogens (tertiary/aromatic N) is 5. The number of hydrogen-bond donors (Lipinski definition) is 0. The van der Waals surface area contributed by atoms with Crippen LogP contribution in [-0.2, 0) is 0 Å². The van der Waals surface area contributed by atoms with E-state index in [2.05, 4.69) is 52.2 Å². The molecule has 0 N–H and O–H groups in total. The second-order valence-electron chi connectivity index (χ2n) is 7.44. The van der Waals surface area contributed by atoms with E-state index in [0.29, 0.717) is 17.9 Å². The van der Waals surface area contributed by atoms with Crippen molar-refractivity contribution in [3.8, 4) is 11.3 Å². The zero-order chi connectivity index (χ0) is 16.8. The van der Waals surface area contributed by atoms with Gasteiger partial charge < -0.3 is 4.90 Å². The first-order valence-corrected chi connectivity index (χ1v) is 9.36. The molecule has 2 fully saturated rings. The van der Waals surface area contributed by atoms with E-state index in [0.717, 1.165) is 23.0 Å². The van der Waals surface area contributed by atoms with Gasteiger partial charge in [0.25, 0.3) is 5.78 Å². The summed E-state index contributed by atoms with van der Waals surface area (Å²) < 4.78 is 1.92. The fourth-order valence-corrected chi connectivity index (χ4v) is 4.84. The Morgan fingerprint density at radius 1 is 1.08 bits per heavy atom. The third-order valence-electron chi connectivity index (χ3n) is 5.91. The topological polar surface area (TPSA) is 46.3 Å². The lowest BCUT2D eigenvalue weighted by atomic mass is 9.85. The van der Waals surface area contributed by atoms with E-state index in [9.17, 15) is 0 Å². The van der Waals surface area contributed by atoms with Gasteiger partial charge in [-0.2, -0.15) is 14.6 Å². The zero-order valence-electron chi connectivity index (χ0n) is 14.5. The summed E-state index contributed by atoms with van der Waals surface area (Å²) in [5.74, 6) is 2.64. The van der Waals surface area contributed by atoms with Crippen molar-refractivity contribution in [2.45, 2.75) is 51.1 Å². The van der Waals surface area contributed by atoms with Gasteiger partial charge in [0.15, 0.2) is 0 Å². The average Bonchev–Trinajstić information content (AvgIpc) is 3.25.